The van der Waals surface area contributed by atoms with Crippen molar-refractivity contribution in [1.29, 1.82) is 5.26 Å². The van der Waals surface area contributed by atoms with E-state index in [1.165, 1.54) is 0 Å². The second kappa shape index (κ2) is 11.8. The Hall–Kier alpha value is -2.72. The smallest absolute Gasteiger partial charge is 0.192 e. The zero-order valence-electron chi connectivity index (χ0n) is 15.3. The maximum atomic E-state index is 9.42. The molecule has 0 aliphatic heterocycles. The minimum atomic E-state index is 0. The molecule has 27 heavy (non-hydrogen) atoms. The van der Waals surface area contributed by atoms with Crippen molar-refractivity contribution < 1.29 is 0 Å². The number of hydrogen-bond acceptors (Lipinski definition) is 4. The molecule has 4 N–H and O–H groups in total. The normalized spacial score (nSPS) is 10.4. The molecule has 0 spiro atoms. The Balaban J connectivity index is 0.00000364. The molecule has 0 saturated heterocycles. The fraction of sp³-hybridized carbons (Fsp3) is 0.316. The van der Waals surface area contributed by atoms with E-state index >= 15 is 0 Å². The third-order valence-corrected chi connectivity index (χ3v) is 3.65. The van der Waals surface area contributed by atoms with Crippen LogP contribution in [0.5, 0.6) is 0 Å². The van der Waals surface area contributed by atoms with Crippen molar-refractivity contribution in [2.24, 2.45) is 4.99 Å². The van der Waals surface area contributed by atoms with Gasteiger partial charge in [-0.05, 0) is 31.9 Å². The largest absolute Gasteiger partial charge is 0.382 e. The first-order chi connectivity index (χ1) is 12.7. The number of anilines is 1. The molecule has 142 valence electrons. The highest BCUT2D eigenvalue weighted by atomic mass is 127. The molecule has 0 fully saturated rings. The van der Waals surface area contributed by atoms with Crippen LogP contribution in [0.25, 0.3) is 5.69 Å². The molecule has 8 heteroatoms. The van der Waals surface area contributed by atoms with Gasteiger partial charge in [0.2, 0.25) is 0 Å². The van der Waals surface area contributed by atoms with Gasteiger partial charge in [-0.1, -0.05) is 24.1 Å². The van der Waals surface area contributed by atoms with E-state index in [4.69, 9.17) is 12.2 Å². The number of nitrogens with two attached hydrogens (primary N) is 1. The summed E-state index contributed by atoms with van der Waals surface area (Å²) in [6, 6.07) is 11.7. The van der Waals surface area contributed by atoms with Crippen LogP contribution in [0.1, 0.15) is 24.6 Å². The molecule has 2 rings (SSSR count). The lowest BCUT2D eigenvalue weighted by molar-refractivity contribution is 0.766. The number of nitrogens with one attached hydrogen (secondary N) is 2. The maximum Gasteiger partial charge on any atom is 0.192 e. The zero-order valence-corrected chi connectivity index (χ0v) is 17.6. The summed E-state index contributed by atoms with van der Waals surface area (Å²) in [7, 11) is 0. The molecule has 1 aromatic carbocycles. The van der Waals surface area contributed by atoms with Crippen molar-refractivity contribution in [3.8, 4) is 24.1 Å². The summed E-state index contributed by atoms with van der Waals surface area (Å²) in [6.45, 7) is 3.75. The number of aliphatic imine (C=N–C) groups is 1. The van der Waals surface area contributed by atoms with Crippen LogP contribution in [0, 0.1) is 23.7 Å². The highest BCUT2D eigenvalue weighted by molar-refractivity contribution is 14.0. The third kappa shape index (κ3) is 6.19. The molecule has 1 heterocycles. The van der Waals surface area contributed by atoms with Gasteiger partial charge in [-0.2, -0.15) is 10.4 Å². The first kappa shape index (κ1) is 22.3. The van der Waals surface area contributed by atoms with Crippen LogP contribution in [0.3, 0.4) is 0 Å². The Kier molecular flexibility index (Phi) is 9.76. The lowest BCUT2D eigenvalue weighted by Crippen LogP contribution is -2.37. The second-order valence-electron chi connectivity index (χ2n) is 5.49. The van der Waals surface area contributed by atoms with Crippen molar-refractivity contribution in [3.63, 3.8) is 0 Å². The number of halogens is 1. The minimum Gasteiger partial charge on any atom is -0.382 e. The molecule has 0 unspecified atom stereocenters. The summed E-state index contributed by atoms with van der Waals surface area (Å²) >= 11 is 0. The Morgan fingerprint density at radius 2 is 2.07 bits per heavy atom. The van der Waals surface area contributed by atoms with Crippen molar-refractivity contribution in [3.05, 3.63) is 41.6 Å². The Morgan fingerprint density at radius 3 is 2.70 bits per heavy atom. The van der Waals surface area contributed by atoms with E-state index in [1.807, 2.05) is 37.3 Å². The number of para-hydroxylation sites is 1. The van der Waals surface area contributed by atoms with E-state index in [-0.39, 0.29) is 24.0 Å². The van der Waals surface area contributed by atoms with Gasteiger partial charge in [0, 0.05) is 13.1 Å². The monoisotopic (exact) mass is 477 g/mol. The number of nitriles is 1. The summed E-state index contributed by atoms with van der Waals surface area (Å²) in [4.78, 5) is 4.46. The number of hydrogen-bond donors (Lipinski definition) is 3. The van der Waals surface area contributed by atoms with Crippen molar-refractivity contribution >= 4 is 35.8 Å². The van der Waals surface area contributed by atoms with Gasteiger partial charge in [-0.3, -0.25) is 4.99 Å². The van der Waals surface area contributed by atoms with E-state index in [9.17, 15) is 5.26 Å². The predicted octanol–water partition coefficient (Wildman–Crippen LogP) is 2.07. The summed E-state index contributed by atoms with van der Waals surface area (Å²) < 4.78 is 1.61. The summed E-state index contributed by atoms with van der Waals surface area (Å²) in [5.41, 5.74) is 8.05. The summed E-state index contributed by atoms with van der Waals surface area (Å²) in [5.74, 6) is 3.56. The number of terminal acetylenes is 1. The lowest BCUT2D eigenvalue weighted by atomic mass is 10.1. The van der Waals surface area contributed by atoms with Gasteiger partial charge in [0.15, 0.2) is 5.96 Å². The Morgan fingerprint density at radius 1 is 1.33 bits per heavy atom. The van der Waals surface area contributed by atoms with Gasteiger partial charge in [0.25, 0.3) is 0 Å². The van der Waals surface area contributed by atoms with E-state index in [1.54, 1.807) is 4.68 Å². The number of benzene rings is 1. The van der Waals surface area contributed by atoms with Crippen LogP contribution in [0.15, 0.2) is 35.3 Å². The highest BCUT2D eigenvalue weighted by Crippen LogP contribution is 2.21. The molecule has 0 aliphatic rings. The second-order valence-corrected chi connectivity index (χ2v) is 5.49. The molecular weight excluding hydrogens is 453 g/mol. The third-order valence-electron chi connectivity index (χ3n) is 3.65. The van der Waals surface area contributed by atoms with Gasteiger partial charge in [0.1, 0.15) is 17.5 Å². The molecule has 0 bridgehead atoms. The number of nitrogens with zero attached hydrogens (tertiary/aromatic N) is 4. The van der Waals surface area contributed by atoms with E-state index in [2.05, 4.69) is 32.7 Å². The topological polar surface area (TPSA) is 104 Å². The molecule has 7 nitrogen and oxygen atoms in total. The van der Waals surface area contributed by atoms with Gasteiger partial charge < -0.3 is 16.4 Å². The van der Waals surface area contributed by atoms with Crippen LogP contribution in [0.2, 0.25) is 0 Å². The minimum absolute atomic E-state index is 0. The molecule has 0 atom stereocenters. The van der Waals surface area contributed by atoms with E-state index in [0.29, 0.717) is 42.5 Å². The molecule has 2 aromatic rings. The van der Waals surface area contributed by atoms with Gasteiger partial charge in [-0.15, -0.1) is 30.4 Å². The maximum absolute atomic E-state index is 9.42. The van der Waals surface area contributed by atoms with Crippen LogP contribution in [0.4, 0.5) is 5.82 Å². The summed E-state index contributed by atoms with van der Waals surface area (Å²) in [5, 5.41) is 20.1. The van der Waals surface area contributed by atoms with Gasteiger partial charge in [0.05, 0.1) is 17.9 Å². The van der Waals surface area contributed by atoms with E-state index in [0.717, 1.165) is 18.7 Å². The first-order valence-electron chi connectivity index (χ1n) is 8.49. The number of rotatable bonds is 7. The average Bonchev–Trinajstić information content (AvgIpc) is 2.99. The number of nitrogen functional groups attached to an aromatic ring is 1. The Labute approximate surface area is 177 Å². The van der Waals surface area contributed by atoms with Gasteiger partial charge >= 0.3 is 0 Å². The molecular formula is C19H24IN7. The standard InChI is InChI=1S/C19H23N7.HI/c1-3-12-23-19(22-4-2)24-13-8-11-17-16(14-20)18(21)26(25-17)15-9-6-5-7-10-15;/h1,5-7,9-10H,4,8,11-13,21H2,2H3,(H2,22,23,24);1H. The zero-order chi connectivity index (χ0) is 18.8. The fourth-order valence-electron chi connectivity index (χ4n) is 2.45. The molecule has 1 aromatic heterocycles. The SMILES string of the molecule is C#CCNC(=NCCCc1nn(-c2ccccc2)c(N)c1C#N)NCC.I. The number of aromatic nitrogens is 2. The molecule has 0 radical (unpaired) electrons. The molecule has 0 amide bonds. The van der Waals surface area contributed by atoms with Crippen molar-refractivity contribution in [2.45, 2.75) is 19.8 Å². The highest BCUT2D eigenvalue weighted by Gasteiger charge is 2.15. The lowest BCUT2D eigenvalue weighted by Gasteiger charge is -2.08. The van der Waals surface area contributed by atoms with Crippen LogP contribution < -0.4 is 16.4 Å². The van der Waals surface area contributed by atoms with E-state index < -0.39 is 0 Å². The predicted molar refractivity (Wildman–Crippen MR) is 119 cm³/mol. The van der Waals surface area contributed by atoms with Gasteiger partial charge in [-0.25, -0.2) is 4.68 Å². The molecule has 0 aliphatic carbocycles. The van der Waals surface area contributed by atoms with Crippen molar-refractivity contribution in [1.82, 2.24) is 20.4 Å². The van der Waals surface area contributed by atoms with Crippen LogP contribution >= 0.6 is 24.0 Å². The fourth-order valence-corrected chi connectivity index (χ4v) is 2.45. The summed E-state index contributed by atoms with van der Waals surface area (Å²) in [6.07, 6.45) is 6.61. The average molecular weight is 477 g/mol. The van der Waals surface area contributed by atoms with Crippen LogP contribution in [-0.4, -0.2) is 35.4 Å². The van der Waals surface area contributed by atoms with Crippen molar-refractivity contribution in [2.75, 3.05) is 25.4 Å². The number of aryl methyl sites for hydroxylation is 1. The quantitative estimate of drug-likeness (QED) is 0.186. The van der Waals surface area contributed by atoms with Crippen LogP contribution in [-0.2, 0) is 6.42 Å². The first-order valence-corrected chi connectivity index (χ1v) is 8.49. The number of guanidine groups is 1. The molecule has 0 saturated carbocycles. The Bertz CT molecular complexity index is 828.